The van der Waals surface area contributed by atoms with E-state index in [1.165, 1.54) is 32.1 Å². The maximum absolute atomic E-state index is 9.21. The van der Waals surface area contributed by atoms with Gasteiger partial charge in [0, 0.05) is 11.3 Å². The molecule has 0 saturated carbocycles. The molecule has 102 valence electrons. The lowest BCUT2D eigenvalue weighted by Gasteiger charge is -2.10. The fraction of sp³-hybridized carbons (Fsp3) is 0.600. The zero-order valence-electron chi connectivity index (χ0n) is 11.3. The van der Waals surface area contributed by atoms with Gasteiger partial charge in [-0.15, -0.1) is 0 Å². The molecule has 0 aromatic heterocycles. The molecule has 0 saturated heterocycles. The Balaban J connectivity index is 2.22. The molecule has 3 N–H and O–H groups in total. The highest BCUT2D eigenvalue weighted by Gasteiger charge is 2.03. The van der Waals surface area contributed by atoms with Crippen molar-refractivity contribution in [3.63, 3.8) is 0 Å². The average molecular weight is 251 g/mol. The van der Waals surface area contributed by atoms with E-state index in [1.54, 1.807) is 12.1 Å². The molecule has 0 aliphatic carbocycles. The van der Waals surface area contributed by atoms with E-state index in [4.69, 9.17) is 10.5 Å². The van der Waals surface area contributed by atoms with Gasteiger partial charge in [0.25, 0.3) is 0 Å². The van der Waals surface area contributed by atoms with Gasteiger partial charge in [0.05, 0.1) is 13.2 Å². The molecule has 0 atom stereocenters. The van der Waals surface area contributed by atoms with Crippen molar-refractivity contribution in [2.24, 2.45) is 0 Å². The Labute approximate surface area is 110 Å². The lowest BCUT2D eigenvalue weighted by molar-refractivity contribution is 0.260. The van der Waals surface area contributed by atoms with Crippen LogP contribution in [0.2, 0.25) is 0 Å². The van der Waals surface area contributed by atoms with E-state index in [1.807, 2.05) is 6.07 Å². The topological polar surface area (TPSA) is 55.5 Å². The molecule has 0 heterocycles. The van der Waals surface area contributed by atoms with Gasteiger partial charge >= 0.3 is 0 Å². The first-order valence-corrected chi connectivity index (χ1v) is 6.90. The molecule has 0 aliphatic heterocycles. The normalized spacial score (nSPS) is 10.6. The highest BCUT2D eigenvalue weighted by Crippen LogP contribution is 2.21. The van der Waals surface area contributed by atoms with Crippen LogP contribution in [0, 0.1) is 0 Å². The summed E-state index contributed by atoms with van der Waals surface area (Å²) in [6.45, 7) is 2.90. The molecule has 18 heavy (non-hydrogen) atoms. The average Bonchev–Trinajstić information content (AvgIpc) is 2.39. The van der Waals surface area contributed by atoms with E-state index in [0.29, 0.717) is 12.3 Å². The first kappa shape index (κ1) is 14.8. The minimum absolute atomic E-state index is 0.0309. The van der Waals surface area contributed by atoms with Gasteiger partial charge in [0.1, 0.15) is 5.75 Å². The molecule has 0 fully saturated rings. The number of rotatable bonds is 9. The molecule has 1 aromatic rings. The third-order valence-electron chi connectivity index (χ3n) is 3.01. The highest BCUT2D eigenvalue weighted by atomic mass is 16.5. The van der Waals surface area contributed by atoms with E-state index in [9.17, 15) is 5.11 Å². The van der Waals surface area contributed by atoms with Crippen molar-refractivity contribution in [2.45, 2.75) is 52.1 Å². The molecule has 3 heteroatoms. The second kappa shape index (κ2) is 8.81. The van der Waals surface area contributed by atoms with Crippen LogP contribution < -0.4 is 10.5 Å². The number of benzene rings is 1. The first-order chi connectivity index (χ1) is 8.77. The van der Waals surface area contributed by atoms with Crippen molar-refractivity contribution in [2.75, 3.05) is 12.3 Å². The molecule has 0 radical (unpaired) electrons. The first-order valence-electron chi connectivity index (χ1n) is 6.90. The van der Waals surface area contributed by atoms with Crippen LogP contribution in [0.25, 0.3) is 0 Å². The molecule has 0 aliphatic rings. The third-order valence-corrected chi connectivity index (χ3v) is 3.01. The summed E-state index contributed by atoms with van der Waals surface area (Å²) in [7, 11) is 0. The predicted molar refractivity (Wildman–Crippen MR) is 75.6 cm³/mol. The van der Waals surface area contributed by atoms with Crippen LogP contribution in [0.5, 0.6) is 5.75 Å². The van der Waals surface area contributed by atoms with Crippen molar-refractivity contribution in [3.8, 4) is 5.75 Å². The van der Waals surface area contributed by atoms with Crippen LogP contribution in [0.1, 0.15) is 51.0 Å². The van der Waals surface area contributed by atoms with Gasteiger partial charge in [-0.05, 0) is 24.6 Å². The Morgan fingerprint density at radius 1 is 1.11 bits per heavy atom. The summed E-state index contributed by atoms with van der Waals surface area (Å²) >= 11 is 0. The van der Waals surface area contributed by atoms with E-state index < -0.39 is 0 Å². The second-order valence-electron chi connectivity index (χ2n) is 4.64. The fourth-order valence-corrected chi connectivity index (χ4v) is 1.93. The molecule has 1 rings (SSSR count). The highest BCUT2D eigenvalue weighted by molar-refractivity contribution is 5.47. The zero-order chi connectivity index (χ0) is 13.2. The van der Waals surface area contributed by atoms with Crippen LogP contribution in [0.4, 0.5) is 5.69 Å². The number of hydrogen-bond acceptors (Lipinski definition) is 3. The van der Waals surface area contributed by atoms with Gasteiger partial charge in [0.2, 0.25) is 0 Å². The Morgan fingerprint density at radius 2 is 1.83 bits per heavy atom. The molecule has 0 spiro atoms. The number of aliphatic hydroxyl groups excluding tert-OH is 1. The van der Waals surface area contributed by atoms with E-state index >= 15 is 0 Å². The van der Waals surface area contributed by atoms with Gasteiger partial charge in [0.15, 0.2) is 0 Å². The minimum Gasteiger partial charge on any atom is -0.493 e. The van der Waals surface area contributed by atoms with E-state index in [0.717, 1.165) is 17.7 Å². The zero-order valence-corrected chi connectivity index (χ0v) is 11.3. The summed E-state index contributed by atoms with van der Waals surface area (Å²) in [6, 6.07) is 5.39. The van der Waals surface area contributed by atoms with Gasteiger partial charge in [-0.1, -0.05) is 39.0 Å². The molecule has 1 aromatic carbocycles. The van der Waals surface area contributed by atoms with Crippen molar-refractivity contribution >= 4 is 5.69 Å². The molecule has 3 nitrogen and oxygen atoms in total. The number of nitrogen functional groups attached to an aromatic ring is 1. The number of hydrogen-bond donors (Lipinski definition) is 2. The lowest BCUT2D eigenvalue weighted by Crippen LogP contribution is -2.01. The second-order valence-corrected chi connectivity index (χ2v) is 4.64. The van der Waals surface area contributed by atoms with Crippen molar-refractivity contribution in [1.82, 2.24) is 0 Å². The van der Waals surface area contributed by atoms with Crippen molar-refractivity contribution < 1.29 is 9.84 Å². The van der Waals surface area contributed by atoms with Gasteiger partial charge < -0.3 is 15.6 Å². The van der Waals surface area contributed by atoms with Crippen LogP contribution in [-0.4, -0.2) is 11.7 Å². The Hall–Kier alpha value is -1.22. The van der Waals surface area contributed by atoms with E-state index in [-0.39, 0.29) is 6.61 Å². The number of anilines is 1. The Kier molecular flexibility index (Phi) is 7.26. The standard InChI is InChI=1S/C15H25NO2/c1-2-3-4-5-6-7-10-18-15-9-8-14(16)11-13(15)12-17/h8-9,11,17H,2-7,10,12,16H2,1H3. The van der Waals surface area contributed by atoms with Crippen molar-refractivity contribution in [3.05, 3.63) is 23.8 Å². The summed E-state index contributed by atoms with van der Waals surface area (Å²) in [4.78, 5) is 0. The summed E-state index contributed by atoms with van der Waals surface area (Å²) in [6.07, 6.45) is 7.49. The minimum atomic E-state index is -0.0309. The van der Waals surface area contributed by atoms with Crippen LogP contribution in [-0.2, 0) is 6.61 Å². The third kappa shape index (κ3) is 5.41. The molecule has 0 amide bonds. The monoisotopic (exact) mass is 251 g/mol. The molecule has 0 bridgehead atoms. The predicted octanol–water partition coefficient (Wildman–Crippen LogP) is 3.50. The largest absolute Gasteiger partial charge is 0.493 e. The van der Waals surface area contributed by atoms with Crippen molar-refractivity contribution in [1.29, 1.82) is 0 Å². The molecular formula is C15H25NO2. The van der Waals surface area contributed by atoms with Crippen LogP contribution >= 0.6 is 0 Å². The number of aliphatic hydroxyl groups is 1. The Bertz CT molecular complexity index is 339. The SMILES string of the molecule is CCCCCCCCOc1ccc(N)cc1CO. The van der Waals surface area contributed by atoms with Crippen LogP contribution in [0.3, 0.4) is 0 Å². The summed E-state index contributed by atoms with van der Waals surface area (Å²) in [5, 5.41) is 9.21. The summed E-state index contributed by atoms with van der Waals surface area (Å²) in [5.74, 6) is 0.750. The summed E-state index contributed by atoms with van der Waals surface area (Å²) < 4.78 is 5.67. The fourth-order valence-electron chi connectivity index (χ4n) is 1.93. The smallest absolute Gasteiger partial charge is 0.124 e. The number of unbranched alkanes of at least 4 members (excludes halogenated alkanes) is 5. The van der Waals surface area contributed by atoms with Gasteiger partial charge in [-0.25, -0.2) is 0 Å². The maximum Gasteiger partial charge on any atom is 0.124 e. The Morgan fingerprint density at radius 3 is 2.56 bits per heavy atom. The van der Waals surface area contributed by atoms with Gasteiger partial charge in [-0.2, -0.15) is 0 Å². The number of ether oxygens (including phenoxy) is 1. The maximum atomic E-state index is 9.21. The van der Waals surface area contributed by atoms with Crippen LogP contribution in [0.15, 0.2) is 18.2 Å². The van der Waals surface area contributed by atoms with E-state index in [2.05, 4.69) is 6.92 Å². The lowest BCUT2D eigenvalue weighted by atomic mass is 10.1. The molecule has 0 unspecified atom stereocenters. The quantitative estimate of drug-likeness (QED) is 0.521. The molecular weight excluding hydrogens is 226 g/mol. The number of nitrogens with two attached hydrogens (primary N) is 1. The summed E-state index contributed by atoms with van der Waals surface area (Å²) in [5.41, 5.74) is 7.08. The van der Waals surface area contributed by atoms with Gasteiger partial charge in [-0.3, -0.25) is 0 Å².